The fraction of sp³-hybridized carbons (Fsp3) is 0.133. The van der Waals surface area contributed by atoms with Gasteiger partial charge in [0.25, 0.3) is 5.69 Å². The summed E-state index contributed by atoms with van der Waals surface area (Å²) in [5, 5.41) is 10.6. The van der Waals surface area contributed by atoms with Gasteiger partial charge in [-0.1, -0.05) is 11.8 Å². The first-order chi connectivity index (χ1) is 10.5. The second-order valence-electron chi connectivity index (χ2n) is 4.22. The van der Waals surface area contributed by atoms with Crippen molar-refractivity contribution in [1.29, 1.82) is 0 Å². The first kappa shape index (κ1) is 16.8. The summed E-state index contributed by atoms with van der Waals surface area (Å²) in [4.78, 5) is 23.8. The van der Waals surface area contributed by atoms with Gasteiger partial charge in [-0.05, 0) is 59.8 Å². The van der Waals surface area contributed by atoms with Crippen LogP contribution >= 0.6 is 34.4 Å². The van der Waals surface area contributed by atoms with Crippen LogP contribution < -0.4 is 0 Å². The van der Waals surface area contributed by atoms with E-state index in [0.29, 0.717) is 12.2 Å². The van der Waals surface area contributed by atoms with Crippen molar-refractivity contribution in [1.82, 2.24) is 0 Å². The minimum absolute atomic E-state index is 0.0664. The predicted octanol–water partition coefficient (Wildman–Crippen LogP) is 4.53. The number of carbonyl (C=O) groups is 1. The minimum atomic E-state index is -0.424. The Balaban J connectivity index is 2.16. The van der Waals surface area contributed by atoms with Gasteiger partial charge in [-0.3, -0.25) is 10.1 Å². The topological polar surface area (TPSA) is 69.4 Å². The van der Waals surface area contributed by atoms with E-state index >= 15 is 0 Å². The summed E-state index contributed by atoms with van der Waals surface area (Å²) in [5.74, 6) is -0.340. The number of rotatable bonds is 5. The van der Waals surface area contributed by atoms with Crippen LogP contribution in [0.1, 0.15) is 17.3 Å². The molecule has 0 unspecified atom stereocenters. The molecule has 114 valence electrons. The molecule has 0 bridgehead atoms. The van der Waals surface area contributed by atoms with Gasteiger partial charge in [-0.2, -0.15) is 0 Å². The van der Waals surface area contributed by atoms with Crippen LogP contribution in [-0.2, 0) is 4.74 Å². The molecule has 0 aliphatic carbocycles. The van der Waals surface area contributed by atoms with Crippen molar-refractivity contribution in [3.05, 3.63) is 61.7 Å². The van der Waals surface area contributed by atoms with Gasteiger partial charge in [0, 0.05) is 25.5 Å². The first-order valence-corrected chi connectivity index (χ1v) is 8.29. The Hall–Kier alpha value is -1.61. The average molecular weight is 429 g/mol. The summed E-state index contributed by atoms with van der Waals surface area (Å²) in [6, 6.07) is 11.7. The molecule has 0 aliphatic heterocycles. The highest BCUT2D eigenvalue weighted by Crippen LogP contribution is 2.32. The maximum atomic E-state index is 11.7. The fourth-order valence-electron chi connectivity index (χ4n) is 1.69. The lowest BCUT2D eigenvalue weighted by Crippen LogP contribution is -2.04. The Morgan fingerprint density at radius 2 is 1.95 bits per heavy atom. The Kier molecular flexibility index (Phi) is 5.78. The van der Waals surface area contributed by atoms with E-state index in [2.05, 4.69) is 22.6 Å². The average Bonchev–Trinajstić information content (AvgIpc) is 2.50. The molecule has 2 rings (SSSR count). The van der Waals surface area contributed by atoms with Gasteiger partial charge in [-0.15, -0.1) is 0 Å². The quantitative estimate of drug-likeness (QED) is 0.303. The number of hydrogen-bond donors (Lipinski definition) is 0. The molecular formula is C15H12INO4S. The molecule has 5 nitrogen and oxygen atoms in total. The van der Waals surface area contributed by atoms with Crippen molar-refractivity contribution in [3.63, 3.8) is 0 Å². The minimum Gasteiger partial charge on any atom is -0.462 e. The van der Waals surface area contributed by atoms with E-state index in [9.17, 15) is 14.9 Å². The van der Waals surface area contributed by atoms with Crippen LogP contribution in [0, 0.1) is 13.7 Å². The monoisotopic (exact) mass is 429 g/mol. The molecule has 0 spiro atoms. The third-order valence-corrected chi connectivity index (χ3v) is 5.06. The van der Waals surface area contributed by atoms with Crippen LogP contribution in [0.25, 0.3) is 0 Å². The molecule has 0 aliphatic rings. The largest absolute Gasteiger partial charge is 0.462 e. The van der Waals surface area contributed by atoms with E-state index in [1.165, 1.54) is 23.9 Å². The standard InChI is InChI=1S/C15H12INO4S/c1-2-21-15(18)10-3-8-14(13(16)9-10)22-12-6-4-11(5-7-12)17(19)20/h3-9H,2H2,1H3. The van der Waals surface area contributed by atoms with E-state index in [1.54, 1.807) is 31.2 Å². The molecule has 0 fully saturated rings. The number of nitrogens with zero attached hydrogens (tertiary/aromatic N) is 1. The van der Waals surface area contributed by atoms with Crippen LogP contribution in [0.2, 0.25) is 0 Å². The molecule has 2 aromatic carbocycles. The van der Waals surface area contributed by atoms with Gasteiger partial charge < -0.3 is 4.74 Å². The van der Waals surface area contributed by atoms with E-state index in [1.807, 2.05) is 6.07 Å². The molecule has 2 aromatic rings. The summed E-state index contributed by atoms with van der Waals surface area (Å²) in [6.45, 7) is 2.11. The number of benzene rings is 2. The highest BCUT2D eigenvalue weighted by Gasteiger charge is 2.11. The SMILES string of the molecule is CCOC(=O)c1ccc(Sc2ccc([N+](=O)[O-])cc2)c(I)c1. The molecule has 7 heteroatoms. The Morgan fingerprint density at radius 3 is 2.50 bits per heavy atom. The maximum absolute atomic E-state index is 11.7. The Bertz CT molecular complexity index is 703. The Labute approximate surface area is 145 Å². The lowest BCUT2D eigenvalue weighted by molar-refractivity contribution is -0.384. The van der Waals surface area contributed by atoms with Crippen LogP contribution in [-0.4, -0.2) is 17.5 Å². The maximum Gasteiger partial charge on any atom is 0.338 e. The fourth-order valence-corrected chi connectivity index (χ4v) is 3.35. The molecule has 0 saturated carbocycles. The lowest BCUT2D eigenvalue weighted by Gasteiger charge is -2.07. The molecule has 0 heterocycles. The van der Waals surface area contributed by atoms with Crippen molar-refractivity contribution in [3.8, 4) is 0 Å². The van der Waals surface area contributed by atoms with Crippen LogP contribution in [0.4, 0.5) is 5.69 Å². The summed E-state index contributed by atoms with van der Waals surface area (Å²) in [5.41, 5.74) is 0.580. The zero-order valence-electron chi connectivity index (χ0n) is 11.6. The molecule has 0 N–H and O–H groups in total. The van der Waals surface area contributed by atoms with Crippen LogP contribution in [0.15, 0.2) is 52.3 Å². The molecule has 22 heavy (non-hydrogen) atoms. The number of nitro groups is 1. The number of hydrogen-bond acceptors (Lipinski definition) is 5. The van der Waals surface area contributed by atoms with Gasteiger partial charge in [0.05, 0.1) is 17.1 Å². The van der Waals surface area contributed by atoms with E-state index < -0.39 is 4.92 Å². The molecule has 0 atom stereocenters. The van der Waals surface area contributed by atoms with Crippen LogP contribution in [0.5, 0.6) is 0 Å². The zero-order chi connectivity index (χ0) is 16.1. The van der Waals surface area contributed by atoms with Gasteiger partial charge >= 0.3 is 5.97 Å². The third-order valence-electron chi connectivity index (χ3n) is 2.72. The number of esters is 1. The summed E-state index contributed by atoms with van der Waals surface area (Å²) in [7, 11) is 0. The van der Waals surface area contributed by atoms with Gasteiger partial charge in [-0.25, -0.2) is 4.79 Å². The van der Waals surface area contributed by atoms with Gasteiger partial charge in [0.2, 0.25) is 0 Å². The second-order valence-corrected chi connectivity index (χ2v) is 6.50. The van der Waals surface area contributed by atoms with Crippen molar-refractivity contribution < 1.29 is 14.5 Å². The number of carbonyl (C=O) groups excluding carboxylic acids is 1. The highest BCUT2D eigenvalue weighted by atomic mass is 127. The molecule has 0 radical (unpaired) electrons. The van der Waals surface area contributed by atoms with Crippen molar-refractivity contribution in [2.75, 3.05) is 6.61 Å². The number of halogens is 1. The number of nitro benzene ring substituents is 1. The lowest BCUT2D eigenvalue weighted by atomic mass is 10.2. The summed E-state index contributed by atoms with van der Waals surface area (Å²) >= 11 is 3.64. The summed E-state index contributed by atoms with van der Waals surface area (Å²) in [6.07, 6.45) is 0. The normalized spacial score (nSPS) is 10.3. The highest BCUT2D eigenvalue weighted by molar-refractivity contribution is 14.1. The molecular weight excluding hydrogens is 417 g/mol. The van der Waals surface area contributed by atoms with Gasteiger partial charge in [0.15, 0.2) is 0 Å². The third kappa shape index (κ3) is 4.20. The molecule has 0 amide bonds. The number of ether oxygens (including phenoxy) is 1. The number of non-ortho nitro benzene ring substituents is 1. The van der Waals surface area contributed by atoms with Crippen molar-refractivity contribution >= 4 is 46.0 Å². The van der Waals surface area contributed by atoms with E-state index in [4.69, 9.17) is 4.74 Å². The molecule has 0 saturated heterocycles. The second kappa shape index (κ2) is 7.59. The van der Waals surface area contributed by atoms with Crippen molar-refractivity contribution in [2.45, 2.75) is 16.7 Å². The van der Waals surface area contributed by atoms with E-state index in [-0.39, 0.29) is 11.7 Å². The molecule has 0 aromatic heterocycles. The van der Waals surface area contributed by atoms with Crippen molar-refractivity contribution in [2.24, 2.45) is 0 Å². The van der Waals surface area contributed by atoms with Crippen LogP contribution in [0.3, 0.4) is 0 Å². The Morgan fingerprint density at radius 1 is 1.27 bits per heavy atom. The van der Waals surface area contributed by atoms with E-state index in [0.717, 1.165) is 13.4 Å². The smallest absolute Gasteiger partial charge is 0.338 e. The predicted molar refractivity (Wildman–Crippen MR) is 92.3 cm³/mol. The first-order valence-electron chi connectivity index (χ1n) is 6.40. The zero-order valence-corrected chi connectivity index (χ0v) is 14.6. The van der Waals surface area contributed by atoms with Gasteiger partial charge in [0.1, 0.15) is 0 Å². The summed E-state index contributed by atoms with van der Waals surface area (Å²) < 4.78 is 5.89.